The molecule has 0 bridgehead atoms. The number of hydrogen-bond donors (Lipinski definition) is 1. The van der Waals surface area contributed by atoms with Crippen LogP contribution in [-0.2, 0) is 4.79 Å². The third-order valence-electron chi connectivity index (χ3n) is 1.88. The van der Waals surface area contributed by atoms with Gasteiger partial charge in [0.05, 0.1) is 5.92 Å². The highest BCUT2D eigenvalue weighted by atomic mass is 19.2. The lowest BCUT2D eigenvalue weighted by molar-refractivity contribution is -0.138. The molecule has 2 nitrogen and oxygen atoms in total. The van der Waals surface area contributed by atoms with E-state index < -0.39 is 29.3 Å². The van der Waals surface area contributed by atoms with Gasteiger partial charge in [0.2, 0.25) is 0 Å². The Hall–Kier alpha value is -1.52. The second-order valence-electron chi connectivity index (χ2n) is 2.85. The van der Waals surface area contributed by atoms with Gasteiger partial charge in [0.1, 0.15) is 5.82 Å². The van der Waals surface area contributed by atoms with Crippen LogP contribution in [0.4, 0.5) is 13.2 Å². The van der Waals surface area contributed by atoms with Gasteiger partial charge in [-0.2, -0.15) is 0 Å². The van der Waals surface area contributed by atoms with Gasteiger partial charge < -0.3 is 5.11 Å². The molecule has 0 fully saturated rings. The normalized spacial score (nSPS) is 12.6. The first-order chi connectivity index (χ1) is 6.43. The van der Waals surface area contributed by atoms with Crippen LogP contribution in [0.3, 0.4) is 0 Å². The van der Waals surface area contributed by atoms with Gasteiger partial charge in [0.25, 0.3) is 0 Å². The van der Waals surface area contributed by atoms with Gasteiger partial charge >= 0.3 is 5.97 Å². The fraction of sp³-hybridized carbons (Fsp3) is 0.222. The minimum atomic E-state index is -1.33. The molecule has 0 spiro atoms. The molecule has 0 aliphatic heterocycles. The summed E-state index contributed by atoms with van der Waals surface area (Å²) in [5.41, 5.74) is -0.364. The summed E-state index contributed by atoms with van der Waals surface area (Å²) < 4.78 is 38.1. The third-order valence-corrected chi connectivity index (χ3v) is 1.88. The molecule has 0 aliphatic rings. The summed E-state index contributed by atoms with van der Waals surface area (Å²) in [5.74, 6) is -6.14. The molecule has 0 radical (unpaired) electrons. The van der Waals surface area contributed by atoms with Crippen LogP contribution >= 0.6 is 0 Å². The summed E-state index contributed by atoms with van der Waals surface area (Å²) in [5, 5.41) is 8.54. The molecule has 5 heteroatoms. The molecule has 1 N–H and O–H groups in total. The summed E-state index contributed by atoms with van der Waals surface area (Å²) in [6.07, 6.45) is 0. The molecule has 76 valence electrons. The maximum absolute atomic E-state index is 13.0. The van der Waals surface area contributed by atoms with E-state index in [-0.39, 0.29) is 5.56 Å². The Labute approximate surface area is 78.0 Å². The molecule has 0 amide bonds. The van der Waals surface area contributed by atoms with Gasteiger partial charge in [-0.15, -0.1) is 0 Å². The van der Waals surface area contributed by atoms with Crippen molar-refractivity contribution in [3.05, 3.63) is 35.1 Å². The molecule has 0 unspecified atom stereocenters. The Morgan fingerprint density at radius 2 is 1.71 bits per heavy atom. The van der Waals surface area contributed by atoms with Gasteiger partial charge in [-0.25, -0.2) is 13.2 Å². The summed E-state index contributed by atoms with van der Waals surface area (Å²) in [4.78, 5) is 10.5. The number of hydrogen-bond acceptors (Lipinski definition) is 1. The van der Waals surface area contributed by atoms with E-state index in [9.17, 15) is 18.0 Å². The highest BCUT2D eigenvalue weighted by Gasteiger charge is 2.20. The number of carbonyl (C=O) groups is 1. The Kier molecular flexibility index (Phi) is 2.78. The number of carboxylic acid groups (broad SMARTS) is 1. The number of benzene rings is 1. The molecule has 0 saturated heterocycles. The Bertz CT molecular complexity index is 377. The minimum Gasteiger partial charge on any atom is -0.481 e. The van der Waals surface area contributed by atoms with E-state index in [1.807, 2.05) is 0 Å². The molecule has 0 aromatic heterocycles. The number of rotatable bonds is 2. The van der Waals surface area contributed by atoms with Crippen LogP contribution in [0.2, 0.25) is 0 Å². The second kappa shape index (κ2) is 3.69. The first-order valence-corrected chi connectivity index (χ1v) is 3.80. The fourth-order valence-electron chi connectivity index (χ4n) is 1.00. The standard InChI is InChI=1S/C9H7F3O2/c1-4(9(13)14)5-2-7(11)8(12)3-6(5)10/h2-4H,1H3,(H,13,14)/t4-/m1/s1. The number of aliphatic carboxylic acids is 1. The van der Waals surface area contributed by atoms with E-state index in [1.54, 1.807) is 0 Å². The van der Waals surface area contributed by atoms with Crippen molar-refractivity contribution in [3.63, 3.8) is 0 Å². The van der Waals surface area contributed by atoms with Crippen LogP contribution in [0.25, 0.3) is 0 Å². The van der Waals surface area contributed by atoms with Crippen LogP contribution in [0.15, 0.2) is 12.1 Å². The van der Waals surface area contributed by atoms with Gasteiger partial charge in [0, 0.05) is 11.6 Å². The Balaban J connectivity index is 3.22. The molecule has 0 heterocycles. The molecule has 14 heavy (non-hydrogen) atoms. The van der Waals surface area contributed by atoms with Crippen LogP contribution in [0.1, 0.15) is 18.4 Å². The highest BCUT2D eigenvalue weighted by molar-refractivity contribution is 5.75. The van der Waals surface area contributed by atoms with Crippen molar-refractivity contribution in [3.8, 4) is 0 Å². The molecular formula is C9H7F3O2. The zero-order chi connectivity index (χ0) is 10.9. The van der Waals surface area contributed by atoms with Crippen molar-refractivity contribution in [2.24, 2.45) is 0 Å². The van der Waals surface area contributed by atoms with Gasteiger partial charge in [-0.1, -0.05) is 0 Å². The zero-order valence-electron chi connectivity index (χ0n) is 7.22. The quantitative estimate of drug-likeness (QED) is 0.750. The lowest BCUT2D eigenvalue weighted by Gasteiger charge is -2.07. The minimum absolute atomic E-state index is 0.337. The van der Waals surface area contributed by atoms with E-state index in [0.717, 1.165) is 0 Å². The van der Waals surface area contributed by atoms with E-state index >= 15 is 0 Å². The van der Waals surface area contributed by atoms with Crippen molar-refractivity contribution in [1.82, 2.24) is 0 Å². The van der Waals surface area contributed by atoms with Gasteiger partial charge in [-0.05, 0) is 13.0 Å². The van der Waals surface area contributed by atoms with Crippen molar-refractivity contribution < 1.29 is 23.1 Å². The van der Waals surface area contributed by atoms with E-state index in [1.165, 1.54) is 6.92 Å². The predicted molar refractivity (Wildman–Crippen MR) is 42.4 cm³/mol. The summed E-state index contributed by atoms with van der Waals surface area (Å²) >= 11 is 0. The first-order valence-electron chi connectivity index (χ1n) is 3.80. The van der Waals surface area contributed by atoms with Crippen molar-refractivity contribution >= 4 is 5.97 Å². The number of halogens is 3. The summed E-state index contributed by atoms with van der Waals surface area (Å²) in [6, 6.07) is 0.896. The maximum atomic E-state index is 13.0. The zero-order valence-corrected chi connectivity index (χ0v) is 7.22. The van der Waals surface area contributed by atoms with Gasteiger partial charge in [0.15, 0.2) is 11.6 Å². The SMILES string of the molecule is C[C@@H](C(=O)O)c1cc(F)c(F)cc1F. The van der Waals surface area contributed by atoms with E-state index in [4.69, 9.17) is 5.11 Å². The van der Waals surface area contributed by atoms with Crippen molar-refractivity contribution in [2.45, 2.75) is 12.8 Å². The average molecular weight is 204 g/mol. The van der Waals surface area contributed by atoms with Crippen LogP contribution in [-0.4, -0.2) is 11.1 Å². The lowest BCUT2D eigenvalue weighted by Crippen LogP contribution is -2.10. The van der Waals surface area contributed by atoms with Gasteiger partial charge in [-0.3, -0.25) is 4.79 Å². The van der Waals surface area contributed by atoms with E-state index in [0.29, 0.717) is 12.1 Å². The number of carboxylic acids is 1. The van der Waals surface area contributed by atoms with Crippen molar-refractivity contribution in [2.75, 3.05) is 0 Å². The highest BCUT2D eigenvalue weighted by Crippen LogP contribution is 2.21. The average Bonchev–Trinajstić information content (AvgIpc) is 2.10. The van der Waals surface area contributed by atoms with E-state index in [2.05, 4.69) is 0 Å². The van der Waals surface area contributed by atoms with Crippen LogP contribution < -0.4 is 0 Å². The Morgan fingerprint density at radius 3 is 2.21 bits per heavy atom. The summed E-state index contributed by atoms with van der Waals surface area (Å²) in [6.45, 7) is 1.19. The summed E-state index contributed by atoms with van der Waals surface area (Å²) in [7, 11) is 0. The lowest BCUT2D eigenvalue weighted by atomic mass is 10.0. The second-order valence-corrected chi connectivity index (χ2v) is 2.85. The smallest absolute Gasteiger partial charge is 0.310 e. The predicted octanol–water partition coefficient (Wildman–Crippen LogP) is 2.29. The van der Waals surface area contributed by atoms with Crippen molar-refractivity contribution in [1.29, 1.82) is 0 Å². The maximum Gasteiger partial charge on any atom is 0.310 e. The molecular weight excluding hydrogens is 197 g/mol. The topological polar surface area (TPSA) is 37.3 Å². The van der Waals surface area contributed by atoms with Crippen LogP contribution in [0, 0.1) is 17.5 Å². The molecule has 0 saturated carbocycles. The molecule has 1 aromatic carbocycles. The Morgan fingerprint density at radius 1 is 1.21 bits per heavy atom. The molecule has 1 rings (SSSR count). The molecule has 1 atom stereocenters. The monoisotopic (exact) mass is 204 g/mol. The fourth-order valence-corrected chi connectivity index (χ4v) is 1.00. The largest absolute Gasteiger partial charge is 0.481 e. The molecule has 0 aliphatic carbocycles. The third kappa shape index (κ3) is 1.86. The van der Waals surface area contributed by atoms with Crippen LogP contribution in [0.5, 0.6) is 0 Å². The first kappa shape index (κ1) is 10.6. The molecule has 1 aromatic rings.